The van der Waals surface area contributed by atoms with E-state index in [1.54, 1.807) is 0 Å². The third-order valence-electron chi connectivity index (χ3n) is 1.70. The van der Waals surface area contributed by atoms with Crippen LogP contribution in [0.4, 0.5) is 0 Å². The molecule has 0 heterocycles. The van der Waals surface area contributed by atoms with Gasteiger partial charge in [0.15, 0.2) is 0 Å². The third-order valence-corrected chi connectivity index (χ3v) is 3.11. The van der Waals surface area contributed by atoms with E-state index in [2.05, 4.69) is 23.2 Å². The molecule has 0 unspecified atom stereocenters. The van der Waals surface area contributed by atoms with Crippen LogP contribution in [0.15, 0.2) is 0 Å². The molecule has 1 N–H and O–H groups in total. The third kappa shape index (κ3) is 13.0. The summed E-state index contributed by atoms with van der Waals surface area (Å²) >= 11 is 5.94. The van der Waals surface area contributed by atoms with Gasteiger partial charge >= 0.3 is 0 Å². The van der Waals surface area contributed by atoms with E-state index in [-0.39, 0.29) is 0 Å². The van der Waals surface area contributed by atoms with Gasteiger partial charge in [0, 0.05) is 13.2 Å². The highest BCUT2D eigenvalue weighted by Gasteiger charge is 1.90. The molecule has 5 heteroatoms. The Morgan fingerprint density at radius 2 is 2.00 bits per heavy atom. The maximum absolute atomic E-state index is 5.49. The topological polar surface area (TPSA) is 21.3 Å². The molecule has 0 saturated heterocycles. The van der Waals surface area contributed by atoms with Crippen LogP contribution in [0.1, 0.15) is 19.3 Å². The van der Waals surface area contributed by atoms with Crippen LogP contribution in [0.5, 0.6) is 0 Å². The number of hydrogen-bond donors (Lipinski definition) is 2. The molecule has 0 aromatic carbocycles. The molecule has 0 saturated carbocycles. The van der Waals surface area contributed by atoms with E-state index in [9.17, 15) is 0 Å². The van der Waals surface area contributed by atoms with Crippen LogP contribution in [0, 0.1) is 0 Å². The van der Waals surface area contributed by atoms with Crippen LogP contribution in [0.25, 0.3) is 0 Å². The zero-order valence-electron chi connectivity index (χ0n) is 8.83. The van der Waals surface area contributed by atoms with Crippen molar-refractivity contribution < 1.29 is 4.74 Å². The van der Waals surface area contributed by atoms with E-state index in [4.69, 9.17) is 4.74 Å². The highest BCUT2D eigenvalue weighted by molar-refractivity contribution is 8.68. The summed E-state index contributed by atoms with van der Waals surface area (Å²) in [5.41, 5.74) is 0. The summed E-state index contributed by atoms with van der Waals surface area (Å²) in [6, 6.07) is 0. The summed E-state index contributed by atoms with van der Waals surface area (Å²) in [6.45, 7) is 2.82. The second kappa shape index (κ2) is 14.0. The minimum Gasteiger partial charge on any atom is -0.381 e. The fraction of sp³-hybridized carbons (Fsp3) is 1.00. The van der Waals surface area contributed by atoms with Gasteiger partial charge in [0.2, 0.25) is 0 Å². The van der Waals surface area contributed by atoms with Gasteiger partial charge < -0.3 is 10.1 Å². The fourth-order valence-corrected chi connectivity index (χ4v) is 1.97. The normalized spacial score (nSPS) is 10.7. The Bertz CT molecular complexity index is 94.1. The molecule has 2 nitrogen and oxygen atoms in total. The number of rotatable bonds is 11. The number of nitrogens with one attached hydrogen (secondary N) is 1. The van der Waals surface area contributed by atoms with Crippen LogP contribution in [-0.2, 0) is 4.74 Å². The molecule has 0 spiro atoms. The first-order valence-corrected chi connectivity index (χ1v) is 8.38. The molecule has 0 bridgehead atoms. The fourth-order valence-electron chi connectivity index (χ4n) is 0.970. The minimum absolute atomic E-state index is 0.878. The van der Waals surface area contributed by atoms with E-state index < -0.39 is 0 Å². The van der Waals surface area contributed by atoms with Gasteiger partial charge in [-0.2, -0.15) is 11.8 Å². The van der Waals surface area contributed by atoms with Crippen molar-refractivity contribution in [2.75, 3.05) is 37.6 Å². The van der Waals surface area contributed by atoms with Gasteiger partial charge in [-0.05, 0) is 37.8 Å². The van der Waals surface area contributed by atoms with Gasteiger partial charge in [-0.3, -0.25) is 0 Å². The lowest BCUT2D eigenvalue weighted by Crippen LogP contribution is -2.15. The van der Waals surface area contributed by atoms with Crippen molar-refractivity contribution in [3.63, 3.8) is 0 Å². The van der Waals surface area contributed by atoms with Crippen LogP contribution in [0.2, 0.25) is 0 Å². The maximum Gasteiger partial charge on any atom is 0.0520 e. The molecular formula is C9H21NOS3. The number of unbranched alkanes of at least 4 members (excludes halogenated alkanes) is 1. The average molecular weight is 255 g/mol. The van der Waals surface area contributed by atoms with Crippen molar-refractivity contribution in [1.82, 2.24) is 5.32 Å². The average Bonchev–Trinajstić information content (AvgIpc) is 2.21. The Morgan fingerprint density at radius 1 is 1.21 bits per heavy atom. The Hall–Kier alpha value is 0.970. The van der Waals surface area contributed by atoms with Crippen LogP contribution >= 0.6 is 34.2 Å². The first-order valence-electron chi connectivity index (χ1n) is 4.95. The van der Waals surface area contributed by atoms with Gasteiger partial charge in [-0.1, -0.05) is 10.8 Å². The standard InChI is InChI=1S/C9H21NOS3/c1-13-8-3-2-6-11-7-4-5-10-9-14-12/h10,12H,2-9H2,1H3. The quantitative estimate of drug-likeness (QED) is 0.256. The summed E-state index contributed by atoms with van der Waals surface area (Å²) in [5.74, 6) is 2.17. The van der Waals surface area contributed by atoms with Gasteiger partial charge in [-0.15, -0.1) is 11.7 Å². The Morgan fingerprint density at radius 3 is 2.71 bits per heavy atom. The van der Waals surface area contributed by atoms with Crippen LogP contribution < -0.4 is 5.32 Å². The number of hydrogen-bond acceptors (Lipinski definition) is 5. The van der Waals surface area contributed by atoms with Gasteiger partial charge in [0.25, 0.3) is 0 Å². The zero-order chi connectivity index (χ0) is 10.5. The highest BCUT2D eigenvalue weighted by atomic mass is 33.1. The summed E-state index contributed by atoms with van der Waals surface area (Å²) in [4.78, 5) is 0. The minimum atomic E-state index is 0.878. The summed E-state index contributed by atoms with van der Waals surface area (Å²) < 4.78 is 5.49. The second-order valence-electron chi connectivity index (χ2n) is 2.94. The van der Waals surface area contributed by atoms with E-state index in [0.717, 1.165) is 32.1 Å². The zero-order valence-corrected chi connectivity index (χ0v) is 11.4. The molecule has 0 aromatic rings. The Labute approximate surface area is 101 Å². The first kappa shape index (κ1) is 15.0. The van der Waals surface area contributed by atoms with Crippen molar-refractivity contribution in [1.29, 1.82) is 0 Å². The molecule has 0 radical (unpaired) electrons. The lowest BCUT2D eigenvalue weighted by atomic mass is 10.3. The molecule has 0 atom stereocenters. The summed E-state index contributed by atoms with van der Waals surface area (Å²) in [6.07, 6.45) is 5.71. The SMILES string of the molecule is CSCCCCOCCCNCSS. The van der Waals surface area contributed by atoms with Crippen molar-refractivity contribution in [3.05, 3.63) is 0 Å². The Balaban J connectivity index is 2.78. The van der Waals surface area contributed by atoms with Crippen molar-refractivity contribution in [2.24, 2.45) is 0 Å². The highest BCUT2D eigenvalue weighted by Crippen LogP contribution is 2.00. The maximum atomic E-state index is 5.49. The predicted molar refractivity (Wildman–Crippen MR) is 72.5 cm³/mol. The van der Waals surface area contributed by atoms with Crippen molar-refractivity contribution in [2.45, 2.75) is 19.3 Å². The number of thiol groups is 1. The summed E-state index contributed by atoms with van der Waals surface area (Å²) in [7, 11) is 1.52. The van der Waals surface area contributed by atoms with E-state index >= 15 is 0 Å². The first-order chi connectivity index (χ1) is 6.91. The number of thioether (sulfide) groups is 1. The predicted octanol–water partition coefficient (Wildman–Crippen LogP) is 2.66. The molecule has 0 aliphatic heterocycles. The van der Waals surface area contributed by atoms with E-state index in [1.807, 2.05) is 11.8 Å². The lowest BCUT2D eigenvalue weighted by Gasteiger charge is -2.04. The Kier molecular flexibility index (Phi) is 14.9. The molecule has 0 amide bonds. The molecule has 0 aliphatic rings. The monoisotopic (exact) mass is 255 g/mol. The van der Waals surface area contributed by atoms with Gasteiger partial charge in [0.05, 0.1) is 5.88 Å². The number of ether oxygens (including phenoxy) is 1. The second-order valence-corrected chi connectivity index (χ2v) is 5.25. The molecule has 0 rings (SSSR count). The summed E-state index contributed by atoms with van der Waals surface area (Å²) in [5, 5.41) is 3.25. The smallest absolute Gasteiger partial charge is 0.0520 e. The molecular weight excluding hydrogens is 234 g/mol. The molecule has 86 valence electrons. The lowest BCUT2D eigenvalue weighted by molar-refractivity contribution is 0.129. The molecule has 14 heavy (non-hydrogen) atoms. The van der Waals surface area contributed by atoms with Crippen molar-refractivity contribution >= 4 is 34.2 Å². The van der Waals surface area contributed by atoms with Gasteiger partial charge in [0.1, 0.15) is 0 Å². The van der Waals surface area contributed by atoms with Crippen molar-refractivity contribution in [3.8, 4) is 0 Å². The van der Waals surface area contributed by atoms with E-state index in [1.165, 1.54) is 29.4 Å². The molecule has 0 fully saturated rings. The molecule has 0 aromatic heterocycles. The van der Waals surface area contributed by atoms with E-state index in [0.29, 0.717) is 0 Å². The van der Waals surface area contributed by atoms with Crippen LogP contribution in [0.3, 0.4) is 0 Å². The van der Waals surface area contributed by atoms with Gasteiger partial charge in [-0.25, -0.2) is 0 Å². The molecule has 0 aliphatic carbocycles. The largest absolute Gasteiger partial charge is 0.381 e. The van der Waals surface area contributed by atoms with Crippen LogP contribution in [-0.4, -0.2) is 37.6 Å².